The van der Waals surface area contributed by atoms with Crippen molar-refractivity contribution in [1.82, 2.24) is 5.32 Å². The largest absolute Gasteiger partial charge is 0.352 e. The second kappa shape index (κ2) is 8.36. The molecule has 0 radical (unpaired) electrons. The summed E-state index contributed by atoms with van der Waals surface area (Å²) in [5.41, 5.74) is 2.31. The van der Waals surface area contributed by atoms with Crippen molar-refractivity contribution in [3.63, 3.8) is 0 Å². The van der Waals surface area contributed by atoms with Gasteiger partial charge in [-0.05, 0) is 49.4 Å². The van der Waals surface area contributed by atoms with Crippen LogP contribution in [0.5, 0.6) is 0 Å². The third kappa shape index (κ3) is 4.64. The molecule has 0 aliphatic carbocycles. The maximum Gasteiger partial charge on any atom is 0.251 e. The van der Waals surface area contributed by atoms with Gasteiger partial charge in [0.15, 0.2) is 0 Å². The number of amides is 1. The Bertz CT molecular complexity index is 850. The lowest BCUT2D eigenvalue weighted by Gasteiger charge is -2.28. The van der Waals surface area contributed by atoms with Crippen LogP contribution in [0.15, 0.2) is 54.6 Å². The van der Waals surface area contributed by atoms with Crippen LogP contribution in [0.3, 0.4) is 0 Å². The zero-order chi connectivity index (χ0) is 18.4. The number of rotatable bonds is 6. The number of benzene rings is 2. The van der Waals surface area contributed by atoms with E-state index < -0.39 is 10.0 Å². The summed E-state index contributed by atoms with van der Waals surface area (Å²) >= 11 is 0. The predicted octanol–water partition coefficient (Wildman–Crippen LogP) is 2.98. The van der Waals surface area contributed by atoms with Gasteiger partial charge in [0.2, 0.25) is 10.0 Å². The molecular weight excluding hydrogens is 348 g/mol. The first-order chi connectivity index (χ1) is 12.6. The average molecular weight is 372 g/mol. The van der Waals surface area contributed by atoms with Crippen molar-refractivity contribution in [2.45, 2.75) is 25.7 Å². The zero-order valence-corrected chi connectivity index (χ0v) is 15.5. The molecule has 2 aromatic rings. The molecule has 0 bridgehead atoms. The summed E-state index contributed by atoms with van der Waals surface area (Å²) in [5, 5.41) is 2.91. The third-order valence-electron chi connectivity index (χ3n) is 4.52. The molecule has 0 unspecified atom stereocenters. The summed E-state index contributed by atoms with van der Waals surface area (Å²) in [6.07, 6.45) is 3.30. The molecule has 138 valence electrons. The summed E-state index contributed by atoms with van der Waals surface area (Å²) in [6.45, 7) is 1.06. The molecular formula is C20H24N2O3S. The fraction of sp³-hybridized carbons (Fsp3) is 0.350. The van der Waals surface area contributed by atoms with E-state index in [4.69, 9.17) is 0 Å². The van der Waals surface area contributed by atoms with Crippen LogP contribution in [0.1, 0.15) is 35.2 Å². The van der Waals surface area contributed by atoms with E-state index in [-0.39, 0.29) is 11.7 Å². The minimum Gasteiger partial charge on any atom is -0.352 e. The van der Waals surface area contributed by atoms with Crippen molar-refractivity contribution in [3.05, 3.63) is 65.7 Å². The van der Waals surface area contributed by atoms with Crippen molar-refractivity contribution < 1.29 is 13.2 Å². The predicted molar refractivity (Wildman–Crippen MR) is 104 cm³/mol. The number of nitrogens with zero attached hydrogens (tertiary/aromatic N) is 1. The fourth-order valence-corrected chi connectivity index (χ4v) is 4.75. The van der Waals surface area contributed by atoms with Crippen molar-refractivity contribution in [1.29, 1.82) is 0 Å². The van der Waals surface area contributed by atoms with E-state index in [0.717, 1.165) is 19.3 Å². The van der Waals surface area contributed by atoms with Gasteiger partial charge in [0.25, 0.3) is 5.91 Å². The van der Waals surface area contributed by atoms with Gasteiger partial charge < -0.3 is 5.32 Å². The molecule has 0 saturated carbocycles. The van der Waals surface area contributed by atoms with Crippen LogP contribution >= 0.6 is 0 Å². The van der Waals surface area contributed by atoms with E-state index in [1.54, 1.807) is 24.3 Å². The highest BCUT2D eigenvalue weighted by atomic mass is 32.2. The molecule has 1 aliphatic rings. The van der Waals surface area contributed by atoms with Gasteiger partial charge in [0.05, 0.1) is 11.4 Å². The first-order valence-corrected chi connectivity index (χ1v) is 10.6. The Morgan fingerprint density at radius 2 is 1.85 bits per heavy atom. The highest BCUT2D eigenvalue weighted by Crippen LogP contribution is 2.24. The Kier molecular flexibility index (Phi) is 5.93. The van der Waals surface area contributed by atoms with Crippen LogP contribution in [0.4, 0.5) is 5.69 Å². The van der Waals surface area contributed by atoms with Crippen LogP contribution < -0.4 is 9.62 Å². The van der Waals surface area contributed by atoms with Gasteiger partial charge in [-0.3, -0.25) is 9.10 Å². The number of anilines is 1. The normalized spacial score (nSPS) is 16.2. The smallest absolute Gasteiger partial charge is 0.251 e. The van der Waals surface area contributed by atoms with Gasteiger partial charge >= 0.3 is 0 Å². The number of carbonyl (C=O) groups is 1. The van der Waals surface area contributed by atoms with Crippen LogP contribution in [-0.2, 0) is 16.4 Å². The van der Waals surface area contributed by atoms with E-state index in [1.807, 2.05) is 18.2 Å². The fourth-order valence-electron chi connectivity index (χ4n) is 3.12. The molecule has 26 heavy (non-hydrogen) atoms. The van der Waals surface area contributed by atoms with Crippen molar-refractivity contribution in [2.24, 2.45) is 0 Å². The molecule has 1 fully saturated rings. The molecule has 1 N–H and O–H groups in total. The lowest BCUT2D eigenvalue weighted by molar-refractivity contribution is 0.0953. The molecule has 1 saturated heterocycles. The van der Waals surface area contributed by atoms with Crippen molar-refractivity contribution >= 4 is 21.6 Å². The monoisotopic (exact) mass is 372 g/mol. The minimum atomic E-state index is -3.27. The van der Waals surface area contributed by atoms with Crippen LogP contribution in [0.2, 0.25) is 0 Å². The molecule has 0 aromatic heterocycles. The molecule has 0 atom stereocenters. The first-order valence-electron chi connectivity index (χ1n) is 8.99. The Morgan fingerprint density at radius 1 is 1.04 bits per heavy atom. The van der Waals surface area contributed by atoms with Crippen LogP contribution in [0, 0.1) is 0 Å². The maximum atomic E-state index is 12.4. The topological polar surface area (TPSA) is 66.5 Å². The van der Waals surface area contributed by atoms with Crippen LogP contribution in [0.25, 0.3) is 0 Å². The lowest BCUT2D eigenvalue weighted by Crippen LogP contribution is -2.38. The Labute approximate surface area is 155 Å². The molecule has 6 heteroatoms. The van der Waals surface area contributed by atoms with E-state index in [2.05, 4.69) is 17.4 Å². The van der Waals surface area contributed by atoms with Gasteiger partial charge in [-0.1, -0.05) is 36.4 Å². The summed E-state index contributed by atoms with van der Waals surface area (Å²) in [4.78, 5) is 12.4. The average Bonchev–Trinajstić information content (AvgIpc) is 2.65. The zero-order valence-electron chi connectivity index (χ0n) is 14.7. The van der Waals surface area contributed by atoms with Crippen molar-refractivity contribution in [2.75, 3.05) is 23.1 Å². The standard InChI is InChI=1S/C20H24N2O3S/c23-20(21-13-7-10-17-8-2-1-3-9-17)18-11-6-12-19(16-18)22-14-4-5-15-26(22,24)25/h1-3,6,8-9,11-12,16H,4-5,7,10,13-15H2,(H,21,23). The second-order valence-corrected chi connectivity index (χ2v) is 8.50. The van der Waals surface area contributed by atoms with Gasteiger partial charge in [-0.25, -0.2) is 8.42 Å². The molecule has 2 aromatic carbocycles. The highest BCUT2D eigenvalue weighted by molar-refractivity contribution is 7.92. The Morgan fingerprint density at radius 3 is 2.62 bits per heavy atom. The van der Waals surface area contributed by atoms with E-state index in [1.165, 1.54) is 9.87 Å². The van der Waals surface area contributed by atoms with E-state index >= 15 is 0 Å². The molecule has 1 aliphatic heterocycles. The van der Waals surface area contributed by atoms with Crippen LogP contribution in [-0.4, -0.2) is 33.2 Å². The Hall–Kier alpha value is -2.34. The molecule has 5 nitrogen and oxygen atoms in total. The quantitative estimate of drug-likeness (QED) is 0.793. The SMILES string of the molecule is O=C(NCCCc1ccccc1)c1cccc(N2CCCCS2(=O)=O)c1. The summed E-state index contributed by atoms with van der Waals surface area (Å²) in [5.74, 6) is -0.00237. The van der Waals surface area contributed by atoms with Gasteiger partial charge in [0, 0.05) is 18.7 Å². The van der Waals surface area contributed by atoms with Gasteiger partial charge in [-0.2, -0.15) is 0 Å². The molecule has 1 heterocycles. The van der Waals surface area contributed by atoms with Crippen molar-refractivity contribution in [3.8, 4) is 0 Å². The third-order valence-corrected chi connectivity index (χ3v) is 6.39. The van der Waals surface area contributed by atoms with E-state index in [9.17, 15) is 13.2 Å². The number of nitrogens with one attached hydrogen (secondary N) is 1. The summed E-state index contributed by atoms with van der Waals surface area (Å²) in [6, 6.07) is 17.0. The second-order valence-electron chi connectivity index (χ2n) is 6.49. The summed E-state index contributed by atoms with van der Waals surface area (Å²) in [7, 11) is -3.27. The Balaban J connectivity index is 1.58. The minimum absolute atomic E-state index is 0.170. The number of hydrogen-bond acceptors (Lipinski definition) is 3. The number of sulfonamides is 1. The molecule has 0 spiro atoms. The summed E-state index contributed by atoms with van der Waals surface area (Å²) < 4.78 is 25.9. The molecule has 3 rings (SSSR count). The van der Waals surface area contributed by atoms with Gasteiger partial charge in [0.1, 0.15) is 0 Å². The maximum absolute atomic E-state index is 12.4. The number of hydrogen-bond donors (Lipinski definition) is 1. The first kappa shape index (κ1) is 18.5. The lowest BCUT2D eigenvalue weighted by atomic mass is 10.1. The van der Waals surface area contributed by atoms with Gasteiger partial charge in [-0.15, -0.1) is 0 Å². The highest BCUT2D eigenvalue weighted by Gasteiger charge is 2.26. The number of aryl methyl sites for hydroxylation is 1. The van der Waals surface area contributed by atoms with E-state index in [0.29, 0.717) is 30.8 Å². The number of carbonyl (C=O) groups excluding carboxylic acids is 1. The molecule has 1 amide bonds.